The van der Waals surface area contributed by atoms with E-state index in [9.17, 15) is 15.0 Å². The van der Waals surface area contributed by atoms with Gasteiger partial charge >= 0.3 is 5.97 Å². The Labute approximate surface area is 198 Å². The van der Waals surface area contributed by atoms with Gasteiger partial charge in [0.25, 0.3) is 0 Å². The SMILES string of the molecule is Cc1c(-c2cc(C(=O)O)c3c(OC[C@H]4CC[C@@](C)(O)CC4)ccc(C)c3n2)oc2ccccc12. The largest absolute Gasteiger partial charge is 0.493 e. The number of rotatable bonds is 5. The van der Waals surface area contributed by atoms with Crippen molar-refractivity contribution in [1.82, 2.24) is 4.98 Å². The molecule has 176 valence electrons. The predicted octanol–water partition coefficient (Wildman–Crippen LogP) is 6.28. The summed E-state index contributed by atoms with van der Waals surface area (Å²) in [6, 6.07) is 13.1. The number of aromatic nitrogens is 1. The minimum absolute atomic E-state index is 0.144. The van der Waals surface area contributed by atoms with Crippen LogP contribution in [0.2, 0.25) is 0 Å². The van der Waals surface area contributed by atoms with Gasteiger partial charge in [0, 0.05) is 10.9 Å². The molecule has 0 radical (unpaired) electrons. The smallest absolute Gasteiger partial charge is 0.336 e. The van der Waals surface area contributed by atoms with Gasteiger partial charge in [0.05, 0.1) is 28.7 Å². The Kier molecular flexibility index (Phi) is 5.56. The second kappa shape index (κ2) is 8.44. The van der Waals surface area contributed by atoms with Gasteiger partial charge in [-0.05, 0) is 76.1 Å². The molecule has 2 aromatic heterocycles. The van der Waals surface area contributed by atoms with Gasteiger partial charge in [-0.3, -0.25) is 0 Å². The van der Waals surface area contributed by atoms with Crippen molar-refractivity contribution < 1.29 is 24.2 Å². The first kappa shape index (κ1) is 22.4. The zero-order valence-corrected chi connectivity index (χ0v) is 19.7. The molecule has 1 aliphatic carbocycles. The van der Waals surface area contributed by atoms with Crippen LogP contribution in [0.3, 0.4) is 0 Å². The maximum Gasteiger partial charge on any atom is 0.336 e. The summed E-state index contributed by atoms with van der Waals surface area (Å²) < 4.78 is 12.3. The Morgan fingerprint density at radius 2 is 1.91 bits per heavy atom. The number of furan rings is 1. The summed E-state index contributed by atoms with van der Waals surface area (Å²) in [5, 5.41) is 21.8. The fourth-order valence-electron chi connectivity index (χ4n) is 4.94. The molecular weight excluding hydrogens is 430 g/mol. The summed E-state index contributed by atoms with van der Waals surface area (Å²) in [6.07, 6.45) is 3.27. The number of nitrogens with zero attached hydrogens (tertiary/aromatic N) is 1. The molecule has 6 nitrogen and oxygen atoms in total. The Hall–Kier alpha value is -3.38. The van der Waals surface area contributed by atoms with E-state index < -0.39 is 11.6 Å². The lowest BCUT2D eigenvalue weighted by atomic mass is 9.80. The lowest BCUT2D eigenvalue weighted by molar-refractivity contribution is 0.00159. The predicted molar refractivity (Wildman–Crippen MR) is 131 cm³/mol. The van der Waals surface area contributed by atoms with Gasteiger partial charge in [0.15, 0.2) is 5.76 Å². The van der Waals surface area contributed by atoms with Crippen molar-refractivity contribution >= 4 is 27.8 Å². The number of aliphatic hydroxyl groups is 1. The van der Waals surface area contributed by atoms with Crippen molar-refractivity contribution in [1.29, 1.82) is 0 Å². The zero-order valence-electron chi connectivity index (χ0n) is 19.7. The van der Waals surface area contributed by atoms with E-state index in [-0.39, 0.29) is 5.56 Å². The first-order valence-corrected chi connectivity index (χ1v) is 11.7. The molecule has 0 amide bonds. The number of pyridine rings is 1. The number of hydrogen-bond donors (Lipinski definition) is 2. The first-order chi connectivity index (χ1) is 16.2. The minimum Gasteiger partial charge on any atom is -0.493 e. The molecule has 0 unspecified atom stereocenters. The molecule has 6 heteroatoms. The van der Waals surface area contributed by atoms with E-state index in [1.54, 1.807) is 6.07 Å². The highest BCUT2D eigenvalue weighted by atomic mass is 16.5. The van der Waals surface area contributed by atoms with Crippen molar-refractivity contribution in [3.05, 3.63) is 59.2 Å². The first-order valence-electron chi connectivity index (χ1n) is 11.7. The molecule has 1 fully saturated rings. The second-order valence-corrected chi connectivity index (χ2v) is 9.77. The van der Waals surface area contributed by atoms with Crippen molar-refractivity contribution in [3.8, 4) is 17.2 Å². The molecule has 0 saturated heterocycles. The minimum atomic E-state index is -1.04. The topological polar surface area (TPSA) is 92.8 Å². The van der Waals surface area contributed by atoms with Crippen LogP contribution in [0.25, 0.3) is 33.3 Å². The Bertz CT molecular complexity index is 1390. The van der Waals surface area contributed by atoms with Gasteiger partial charge < -0.3 is 19.4 Å². The van der Waals surface area contributed by atoms with Crippen molar-refractivity contribution in [2.24, 2.45) is 5.92 Å². The molecule has 34 heavy (non-hydrogen) atoms. The third kappa shape index (κ3) is 4.03. The normalized spacial score (nSPS) is 20.6. The number of para-hydroxylation sites is 1. The molecule has 2 heterocycles. The molecule has 2 aromatic carbocycles. The van der Waals surface area contributed by atoms with Gasteiger partial charge in [-0.2, -0.15) is 0 Å². The fourth-order valence-corrected chi connectivity index (χ4v) is 4.94. The third-order valence-corrected chi connectivity index (χ3v) is 7.09. The molecule has 2 N–H and O–H groups in total. The average Bonchev–Trinajstić information content (AvgIpc) is 3.15. The molecule has 4 aromatic rings. The number of hydrogen-bond acceptors (Lipinski definition) is 5. The number of carboxylic acids is 1. The van der Waals surface area contributed by atoms with Crippen LogP contribution in [0, 0.1) is 19.8 Å². The molecular formula is C28H29NO5. The lowest BCUT2D eigenvalue weighted by Gasteiger charge is -2.32. The van der Waals surface area contributed by atoms with Crippen LogP contribution < -0.4 is 4.74 Å². The summed E-state index contributed by atoms with van der Waals surface area (Å²) >= 11 is 0. The number of aryl methyl sites for hydroxylation is 2. The second-order valence-electron chi connectivity index (χ2n) is 9.77. The van der Waals surface area contributed by atoms with Crippen LogP contribution >= 0.6 is 0 Å². The highest BCUT2D eigenvalue weighted by Crippen LogP contribution is 2.38. The molecule has 1 saturated carbocycles. The number of aromatic carboxylic acids is 1. The maximum absolute atomic E-state index is 12.4. The van der Waals surface area contributed by atoms with Gasteiger partial charge in [-0.25, -0.2) is 9.78 Å². The summed E-state index contributed by atoms with van der Waals surface area (Å²) in [5.74, 6) is 0.392. The monoisotopic (exact) mass is 459 g/mol. The van der Waals surface area contributed by atoms with Crippen LogP contribution in [0.1, 0.15) is 54.1 Å². The van der Waals surface area contributed by atoms with Gasteiger partial charge in [-0.15, -0.1) is 0 Å². The van der Waals surface area contributed by atoms with Crippen LogP contribution in [0.5, 0.6) is 5.75 Å². The van der Waals surface area contributed by atoms with Crippen LogP contribution in [-0.2, 0) is 0 Å². The summed E-state index contributed by atoms with van der Waals surface area (Å²) in [6.45, 7) is 6.24. The summed E-state index contributed by atoms with van der Waals surface area (Å²) in [5.41, 5.74) is 3.18. The van der Waals surface area contributed by atoms with E-state index in [0.717, 1.165) is 47.8 Å². The Morgan fingerprint density at radius 3 is 2.62 bits per heavy atom. The average molecular weight is 460 g/mol. The van der Waals surface area contributed by atoms with Gasteiger partial charge in [-0.1, -0.05) is 24.3 Å². The molecule has 0 spiro atoms. The Balaban J connectivity index is 1.56. The van der Waals surface area contributed by atoms with E-state index in [4.69, 9.17) is 14.1 Å². The van der Waals surface area contributed by atoms with Crippen molar-refractivity contribution in [3.63, 3.8) is 0 Å². The maximum atomic E-state index is 12.4. The van der Waals surface area contributed by atoms with Crippen LogP contribution in [0.4, 0.5) is 0 Å². The van der Waals surface area contributed by atoms with Crippen molar-refractivity contribution in [2.45, 2.75) is 52.1 Å². The van der Waals surface area contributed by atoms with Gasteiger partial charge in [0.1, 0.15) is 17.0 Å². The zero-order chi connectivity index (χ0) is 24.0. The van der Waals surface area contributed by atoms with E-state index in [2.05, 4.69) is 0 Å². The highest BCUT2D eigenvalue weighted by Gasteiger charge is 2.29. The number of ether oxygens (including phenoxy) is 1. The third-order valence-electron chi connectivity index (χ3n) is 7.09. The molecule has 0 aliphatic heterocycles. The van der Waals surface area contributed by atoms with E-state index in [1.807, 2.05) is 57.2 Å². The van der Waals surface area contributed by atoms with Crippen molar-refractivity contribution in [2.75, 3.05) is 6.61 Å². The van der Waals surface area contributed by atoms with E-state index in [0.29, 0.717) is 40.6 Å². The van der Waals surface area contributed by atoms with Crippen LogP contribution in [-0.4, -0.2) is 33.4 Å². The Morgan fingerprint density at radius 1 is 1.18 bits per heavy atom. The van der Waals surface area contributed by atoms with Gasteiger partial charge in [0.2, 0.25) is 0 Å². The number of carboxylic acid groups (broad SMARTS) is 1. The molecule has 0 bridgehead atoms. The number of fused-ring (bicyclic) bond motifs is 2. The number of carbonyl (C=O) groups is 1. The quantitative estimate of drug-likeness (QED) is 0.365. The summed E-state index contributed by atoms with van der Waals surface area (Å²) in [4.78, 5) is 17.2. The van der Waals surface area contributed by atoms with Crippen LogP contribution in [0.15, 0.2) is 46.9 Å². The summed E-state index contributed by atoms with van der Waals surface area (Å²) in [7, 11) is 0. The fraction of sp³-hybridized carbons (Fsp3) is 0.357. The standard InChI is InChI=1S/C28H29NO5/c1-16-8-9-23(33-15-18-10-12-28(3,32)13-11-18)24-20(27(30)31)14-21(29-25(16)24)26-17(2)19-6-4-5-7-22(19)34-26/h4-9,14,18,32H,10-13,15H2,1-3H3,(H,30,31)/t18-,28+. The van der Waals surface area contributed by atoms with E-state index >= 15 is 0 Å². The molecule has 0 atom stereocenters. The molecule has 5 rings (SSSR count). The van der Waals surface area contributed by atoms with E-state index in [1.165, 1.54) is 0 Å². The highest BCUT2D eigenvalue weighted by molar-refractivity contribution is 6.07. The number of benzene rings is 2. The molecule has 1 aliphatic rings. The lowest BCUT2D eigenvalue weighted by Crippen LogP contribution is -2.32.